The lowest BCUT2D eigenvalue weighted by molar-refractivity contribution is 0.0467. The summed E-state index contributed by atoms with van der Waals surface area (Å²) in [5.41, 5.74) is 1.67. The smallest absolute Gasteiger partial charge is 0.358 e. The molecule has 0 fully saturated rings. The molecule has 0 spiro atoms. The molecule has 1 aromatic carbocycles. The van der Waals surface area contributed by atoms with Gasteiger partial charge >= 0.3 is 5.97 Å². The first-order valence-electron chi connectivity index (χ1n) is 6.19. The van der Waals surface area contributed by atoms with Crippen molar-refractivity contribution < 1.29 is 9.53 Å². The highest BCUT2D eigenvalue weighted by molar-refractivity contribution is 7.13. The monoisotopic (exact) mass is 299 g/mol. The van der Waals surface area contributed by atoms with Crippen molar-refractivity contribution in [1.82, 2.24) is 4.98 Å². The van der Waals surface area contributed by atoms with Crippen molar-refractivity contribution in [2.24, 2.45) is 0 Å². The van der Waals surface area contributed by atoms with E-state index in [0.717, 1.165) is 5.56 Å². The van der Waals surface area contributed by atoms with E-state index < -0.39 is 5.97 Å². The number of nitriles is 1. The second kappa shape index (κ2) is 7.22. The van der Waals surface area contributed by atoms with E-state index in [4.69, 9.17) is 10.00 Å². The minimum Gasteiger partial charge on any atom is -0.456 e. The van der Waals surface area contributed by atoms with Crippen molar-refractivity contribution in [3.05, 3.63) is 59.1 Å². The van der Waals surface area contributed by atoms with Crippen molar-refractivity contribution in [3.8, 4) is 6.07 Å². The number of rotatable bonds is 6. The van der Waals surface area contributed by atoms with Crippen LogP contribution in [0.4, 0.5) is 5.13 Å². The van der Waals surface area contributed by atoms with Gasteiger partial charge in [-0.3, -0.25) is 0 Å². The van der Waals surface area contributed by atoms with Crippen LogP contribution < -0.4 is 5.32 Å². The Morgan fingerprint density at radius 3 is 2.90 bits per heavy atom. The summed E-state index contributed by atoms with van der Waals surface area (Å²) in [7, 11) is 0. The number of hydrogen-bond acceptors (Lipinski definition) is 6. The molecule has 0 aliphatic rings. The molecule has 0 radical (unpaired) electrons. The Balaban J connectivity index is 1.90. The summed E-state index contributed by atoms with van der Waals surface area (Å²) in [4.78, 5) is 16.0. The molecule has 5 nitrogen and oxygen atoms in total. The van der Waals surface area contributed by atoms with Crippen LogP contribution in [0.5, 0.6) is 0 Å². The Hall–Kier alpha value is -2.65. The van der Waals surface area contributed by atoms with Gasteiger partial charge in [-0.25, -0.2) is 9.78 Å². The molecule has 0 unspecified atom stereocenters. The molecule has 0 amide bonds. The van der Waals surface area contributed by atoms with Gasteiger partial charge in [0.05, 0.1) is 11.6 Å². The fourth-order valence-corrected chi connectivity index (χ4v) is 2.20. The van der Waals surface area contributed by atoms with Gasteiger partial charge in [-0.1, -0.05) is 18.2 Å². The van der Waals surface area contributed by atoms with E-state index >= 15 is 0 Å². The Kier molecular flexibility index (Phi) is 5.07. The molecule has 1 heterocycles. The normalized spacial score (nSPS) is 9.67. The third kappa shape index (κ3) is 4.16. The predicted octanol–water partition coefficient (Wildman–Crippen LogP) is 2.97. The van der Waals surface area contributed by atoms with E-state index in [2.05, 4.69) is 16.9 Å². The summed E-state index contributed by atoms with van der Waals surface area (Å²) in [6, 6.07) is 8.91. The SMILES string of the molecule is C=CCNc1nc(C(=O)OCc2ccc(C#N)cc2)cs1. The highest BCUT2D eigenvalue weighted by Gasteiger charge is 2.12. The average Bonchev–Trinajstić information content (AvgIpc) is 3.00. The maximum Gasteiger partial charge on any atom is 0.358 e. The van der Waals surface area contributed by atoms with Crippen LogP contribution in [0.15, 0.2) is 42.3 Å². The lowest BCUT2D eigenvalue weighted by Crippen LogP contribution is -2.06. The third-order valence-corrected chi connectivity index (χ3v) is 3.36. The van der Waals surface area contributed by atoms with Crippen molar-refractivity contribution in [2.75, 3.05) is 11.9 Å². The molecule has 0 bridgehead atoms. The van der Waals surface area contributed by atoms with Gasteiger partial charge in [-0.2, -0.15) is 5.26 Å². The molecule has 1 aromatic heterocycles. The zero-order valence-corrected chi connectivity index (χ0v) is 12.0. The molecule has 106 valence electrons. The quantitative estimate of drug-likeness (QED) is 0.655. The minimum atomic E-state index is -0.470. The standard InChI is InChI=1S/C15H13N3O2S/c1-2-7-17-15-18-13(10-21-15)14(19)20-9-12-5-3-11(8-16)4-6-12/h2-6,10H,1,7,9H2,(H,17,18). The molecule has 2 rings (SSSR count). The van der Waals surface area contributed by atoms with Gasteiger partial charge in [-0.15, -0.1) is 17.9 Å². The first kappa shape index (κ1) is 14.8. The Morgan fingerprint density at radius 2 is 2.24 bits per heavy atom. The topological polar surface area (TPSA) is 75.0 Å². The number of nitrogens with one attached hydrogen (secondary N) is 1. The predicted molar refractivity (Wildman–Crippen MR) is 81.1 cm³/mol. The Labute approximate surface area is 126 Å². The van der Waals surface area contributed by atoms with Crippen LogP contribution in [-0.4, -0.2) is 17.5 Å². The maximum atomic E-state index is 11.8. The molecule has 0 aliphatic heterocycles. The number of carbonyl (C=O) groups is 1. The van der Waals surface area contributed by atoms with Gasteiger partial charge in [0.2, 0.25) is 0 Å². The minimum absolute atomic E-state index is 0.150. The average molecular weight is 299 g/mol. The fourth-order valence-electron chi connectivity index (χ4n) is 1.51. The first-order valence-corrected chi connectivity index (χ1v) is 7.07. The van der Waals surface area contributed by atoms with Gasteiger partial charge in [0.15, 0.2) is 10.8 Å². The van der Waals surface area contributed by atoms with Crippen LogP contribution in [-0.2, 0) is 11.3 Å². The summed E-state index contributed by atoms with van der Waals surface area (Å²) in [6.07, 6.45) is 1.71. The van der Waals surface area contributed by atoms with E-state index in [1.54, 1.807) is 35.7 Å². The highest BCUT2D eigenvalue weighted by Crippen LogP contribution is 2.16. The lowest BCUT2D eigenvalue weighted by Gasteiger charge is -2.03. The molecular formula is C15H13N3O2S. The summed E-state index contributed by atoms with van der Waals surface area (Å²) in [5.74, 6) is -0.470. The molecule has 21 heavy (non-hydrogen) atoms. The molecular weight excluding hydrogens is 286 g/mol. The van der Waals surface area contributed by atoms with Crippen molar-refractivity contribution >= 4 is 22.4 Å². The molecule has 6 heteroatoms. The van der Waals surface area contributed by atoms with E-state index in [0.29, 0.717) is 17.2 Å². The summed E-state index contributed by atoms with van der Waals surface area (Å²) < 4.78 is 5.18. The molecule has 0 atom stereocenters. The molecule has 0 saturated carbocycles. The highest BCUT2D eigenvalue weighted by atomic mass is 32.1. The number of aromatic nitrogens is 1. The van der Waals surface area contributed by atoms with Gasteiger partial charge in [-0.05, 0) is 17.7 Å². The largest absolute Gasteiger partial charge is 0.456 e. The van der Waals surface area contributed by atoms with Crippen molar-refractivity contribution in [2.45, 2.75) is 6.61 Å². The molecule has 0 saturated heterocycles. The number of anilines is 1. The number of benzene rings is 1. The number of esters is 1. The van der Waals surface area contributed by atoms with E-state index in [1.807, 2.05) is 6.07 Å². The Morgan fingerprint density at radius 1 is 1.48 bits per heavy atom. The van der Waals surface area contributed by atoms with Gasteiger partial charge in [0.25, 0.3) is 0 Å². The maximum absolute atomic E-state index is 11.8. The molecule has 0 aliphatic carbocycles. The molecule has 1 N–H and O–H groups in total. The summed E-state index contributed by atoms with van der Waals surface area (Å²) in [6.45, 7) is 4.34. The number of ether oxygens (including phenoxy) is 1. The van der Waals surface area contributed by atoms with Crippen LogP contribution in [0.25, 0.3) is 0 Å². The molecule has 2 aromatic rings. The van der Waals surface area contributed by atoms with Crippen LogP contribution in [0.2, 0.25) is 0 Å². The van der Waals surface area contributed by atoms with Crippen LogP contribution in [0, 0.1) is 11.3 Å². The zero-order valence-electron chi connectivity index (χ0n) is 11.2. The van der Waals surface area contributed by atoms with E-state index in [-0.39, 0.29) is 12.3 Å². The summed E-state index contributed by atoms with van der Waals surface area (Å²) in [5, 5.41) is 14.0. The Bertz CT molecular complexity index is 671. The van der Waals surface area contributed by atoms with Crippen molar-refractivity contribution in [3.63, 3.8) is 0 Å². The third-order valence-electron chi connectivity index (χ3n) is 2.56. The second-order valence-corrected chi connectivity index (χ2v) is 4.95. The first-order chi connectivity index (χ1) is 10.2. The van der Waals surface area contributed by atoms with Crippen molar-refractivity contribution in [1.29, 1.82) is 5.26 Å². The van der Waals surface area contributed by atoms with Gasteiger partial charge in [0.1, 0.15) is 6.61 Å². The number of hydrogen-bond donors (Lipinski definition) is 1. The zero-order chi connectivity index (χ0) is 15.1. The fraction of sp³-hybridized carbons (Fsp3) is 0.133. The lowest BCUT2D eigenvalue weighted by atomic mass is 10.2. The number of carbonyl (C=O) groups excluding carboxylic acids is 1. The summed E-state index contributed by atoms with van der Waals surface area (Å²) >= 11 is 1.34. The van der Waals surface area contributed by atoms with Crippen LogP contribution >= 0.6 is 11.3 Å². The van der Waals surface area contributed by atoms with Crippen LogP contribution in [0.1, 0.15) is 21.6 Å². The van der Waals surface area contributed by atoms with E-state index in [1.165, 1.54) is 11.3 Å². The van der Waals surface area contributed by atoms with Gasteiger partial charge < -0.3 is 10.1 Å². The number of thiazole rings is 1. The number of nitrogens with zero attached hydrogens (tertiary/aromatic N) is 2. The van der Waals surface area contributed by atoms with E-state index in [9.17, 15) is 4.79 Å². The van der Waals surface area contributed by atoms with Crippen LogP contribution in [0.3, 0.4) is 0 Å². The second-order valence-electron chi connectivity index (χ2n) is 4.09. The van der Waals surface area contributed by atoms with Gasteiger partial charge in [0, 0.05) is 11.9 Å².